The zero-order chi connectivity index (χ0) is 10.2. The fourth-order valence-electron chi connectivity index (χ4n) is 1.10. The minimum absolute atomic E-state index is 0.108. The average Bonchev–Trinajstić information content (AvgIpc) is 1.97. The SMILES string of the molecule is Cc1cc(S(N)(=O)=O)cc(C)c1N. The normalized spacial score (nSPS) is 11.6. The summed E-state index contributed by atoms with van der Waals surface area (Å²) in [5.74, 6) is 0. The lowest BCUT2D eigenvalue weighted by Crippen LogP contribution is -2.13. The van der Waals surface area contributed by atoms with Crippen molar-refractivity contribution in [2.45, 2.75) is 18.7 Å². The Bertz CT molecular complexity index is 414. The molecule has 4 nitrogen and oxygen atoms in total. The van der Waals surface area contributed by atoms with Crippen molar-refractivity contribution in [3.63, 3.8) is 0 Å². The van der Waals surface area contributed by atoms with E-state index < -0.39 is 10.0 Å². The van der Waals surface area contributed by atoms with Crippen molar-refractivity contribution in [1.82, 2.24) is 0 Å². The molecule has 0 aliphatic carbocycles. The number of hydrogen-bond acceptors (Lipinski definition) is 3. The molecule has 0 radical (unpaired) electrons. The van der Waals surface area contributed by atoms with Crippen molar-refractivity contribution >= 4 is 15.7 Å². The Morgan fingerprint density at radius 2 is 1.54 bits per heavy atom. The first-order valence-corrected chi connectivity index (χ1v) is 5.26. The summed E-state index contributed by atoms with van der Waals surface area (Å²) in [5.41, 5.74) is 7.71. The van der Waals surface area contributed by atoms with Crippen LogP contribution in [0.2, 0.25) is 0 Å². The summed E-state index contributed by atoms with van der Waals surface area (Å²) in [6, 6.07) is 2.94. The molecule has 0 saturated heterocycles. The summed E-state index contributed by atoms with van der Waals surface area (Å²) >= 11 is 0. The van der Waals surface area contributed by atoms with Crippen molar-refractivity contribution in [3.05, 3.63) is 23.3 Å². The second kappa shape index (κ2) is 3.01. The van der Waals surface area contributed by atoms with Gasteiger partial charge in [0.15, 0.2) is 0 Å². The molecule has 0 amide bonds. The Labute approximate surface area is 77.6 Å². The van der Waals surface area contributed by atoms with Gasteiger partial charge in [-0.2, -0.15) is 0 Å². The molecule has 4 N–H and O–H groups in total. The number of hydrogen-bond donors (Lipinski definition) is 2. The Kier molecular flexibility index (Phi) is 2.32. The van der Waals surface area contributed by atoms with E-state index in [1.165, 1.54) is 12.1 Å². The number of rotatable bonds is 1. The van der Waals surface area contributed by atoms with Gasteiger partial charge in [-0.3, -0.25) is 0 Å². The number of primary sulfonamides is 1. The van der Waals surface area contributed by atoms with Crippen molar-refractivity contribution < 1.29 is 8.42 Å². The highest BCUT2D eigenvalue weighted by Crippen LogP contribution is 2.20. The molecule has 0 heterocycles. The summed E-state index contributed by atoms with van der Waals surface area (Å²) in [4.78, 5) is 0.108. The van der Waals surface area contributed by atoms with Crippen LogP contribution >= 0.6 is 0 Å². The van der Waals surface area contributed by atoms with E-state index in [9.17, 15) is 8.42 Å². The van der Waals surface area contributed by atoms with E-state index in [1.807, 2.05) is 0 Å². The maximum absolute atomic E-state index is 11.0. The van der Waals surface area contributed by atoms with Gasteiger partial charge in [-0.1, -0.05) is 0 Å². The van der Waals surface area contributed by atoms with E-state index >= 15 is 0 Å². The Balaban J connectivity index is 3.47. The quantitative estimate of drug-likeness (QED) is 0.648. The predicted molar refractivity (Wildman–Crippen MR) is 51.7 cm³/mol. The van der Waals surface area contributed by atoms with Gasteiger partial charge in [0.05, 0.1) is 4.90 Å². The average molecular weight is 200 g/mol. The highest BCUT2D eigenvalue weighted by molar-refractivity contribution is 7.89. The van der Waals surface area contributed by atoms with Gasteiger partial charge in [-0.15, -0.1) is 0 Å². The molecule has 1 aromatic carbocycles. The summed E-state index contributed by atoms with van der Waals surface area (Å²) in [6.07, 6.45) is 0. The van der Waals surface area contributed by atoms with Crippen LogP contribution in [0, 0.1) is 13.8 Å². The molecule has 72 valence electrons. The van der Waals surface area contributed by atoms with Crippen LogP contribution < -0.4 is 10.9 Å². The third-order valence-corrected chi connectivity index (χ3v) is 2.79. The van der Waals surface area contributed by atoms with E-state index in [0.29, 0.717) is 5.69 Å². The zero-order valence-corrected chi connectivity index (χ0v) is 8.35. The van der Waals surface area contributed by atoms with Crippen LogP contribution in [-0.2, 0) is 10.0 Å². The van der Waals surface area contributed by atoms with Crippen LogP contribution in [-0.4, -0.2) is 8.42 Å². The highest BCUT2D eigenvalue weighted by atomic mass is 32.2. The second-order valence-corrected chi connectivity index (χ2v) is 4.58. The Hall–Kier alpha value is -1.07. The molecular weight excluding hydrogens is 188 g/mol. The zero-order valence-electron chi connectivity index (χ0n) is 7.53. The molecule has 0 aromatic heterocycles. The summed E-state index contributed by atoms with van der Waals surface area (Å²) < 4.78 is 22.0. The number of anilines is 1. The standard InChI is InChI=1S/C8H12N2O2S/c1-5-3-7(13(10,11)12)4-6(2)8(5)9/h3-4H,9H2,1-2H3,(H2,10,11,12). The van der Waals surface area contributed by atoms with E-state index in [4.69, 9.17) is 10.9 Å². The molecule has 0 spiro atoms. The van der Waals surface area contributed by atoms with Gasteiger partial charge in [0, 0.05) is 5.69 Å². The van der Waals surface area contributed by atoms with Crippen LogP contribution in [0.4, 0.5) is 5.69 Å². The first-order valence-electron chi connectivity index (χ1n) is 3.72. The molecule has 0 bridgehead atoms. The van der Waals surface area contributed by atoms with Crippen LogP contribution in [0.15, 0.2) is 17.0 Å². The molecule has 13 heavy (non-hydrogen) atoms. The number of benzene rings is 1. The molecule has 1 rings (SSSR count). The molecule has 0 aliphatic heterocycles. The maximum Gasteiger partial charge on any atom is 0.238 e. The van der Waals surface area contributed by atoms with Crippen LogP contribution in [0.25, 0.3) is 0 Å². The molecule has 5 heteroatoms. The van der Waals surface area contributed by atoms with E-state index in [-0.39, 0.29) is 4.90 Å². The Morgan fingerprint density at radius 1 is 1.15 bits per heavy atom. The molecular formula is C8H12N2O2S. The smallest absolute Gasteiger partial charge is 0.238 e. The van der Waals surface area contributed by atoms with Crippen LogP contribution in [0.3, 0.4) is 0 Å². The third kappa shape index (κ3) is 1.99. The lowest BCUT2D eigenvalue weighted by atomic mass is 10.1. The minimum Gasteiger partial charge on any atom is -0.398 e. The van der Waals surface area contributed by atoms with Gasteiger partial charge in [0.25, 0.3) is 0 Å². The van der Waals surface area contributed by atoms with E-state index in [2.05, 4.69) is 0 Å². The fraction of sp³-hybridized carbons (Fsp3) is 0.250. The molecule has 0 atom stereocenters. The van der Waals surface area contributed by atoms with Crippen molar-refractivity contribution in [1.29, 1.82) is 0 Å². The fourth-order valence-corrected chi connectivity index (χ4v) is 1.78. The van der Waals surface area contributed by atoms with Gasteiger partial charge < -0.3 is 5.73 Å². The Morgan fingerprint density at radius 3 is 1.85 bits per heavy atom. The van der Waals surface area contributed by atoms with E-state index in [1.54, 1.807) is 13.8 Å². The monoisotopic (exact) mass is 200 g/mol. The first-order chi connectivity index (χ1) is 5.82. The topological polar surface area (TPSA) is 86.2 Å². The van der Waals surface area contributed by atoms with Crippen LogP contribution in [0.5, 0.6) is 0 Å². The van der Waals surface area contributed by atoms with Crippen molar-refractivity contribution in [2.75, 3.05) is 5.73 Å². The molecule has 0 unspecified atom stereocenters. The first kappa shape index (κ1) is 10.0. The summed E-state index contributed by atoms with van der Waals surface area (Å²) in [7, 11) is -3.62. The number of nitrogen functional groups attached to an aromatic ring is 1. The molecule has 0 saturated carbocycles. The minimum atomic E-state index is -3.62. The lowest BCUT2D eigenvalue weighted by Gasteiger charge is -2.06. The lowest BCUT2D eigenvalue weighted by molar-refractivity contribution is 0.597. The van der Waals surface area contributed by atoms with Gasteiger partial charge in [0.1, 0.15) is 0 Å². The van der Waals surface area contributed by atoms with Gasteiger partial charge in [-0.05, 0) is 37.1 Å². The van der Waals surface area contributed by atoms with Crippen LogP contribution in [0.1, 0.15) is 11.1 Å². The highest BCUT2D eigenvalue weighted by Gasteiger charge is 2.10. The van der Waals surface area contributed by atoms with Crippen molar-refractivity contribution in [3.8, 4) is 0 Å². The van der Waals surface area contributed by atoms with Crippen molar-refractivity contribution in [2.24, 2.45) is 5.14 Å². The van der Waals surface area contributed by atoms with Gasteiger partial charge >= 0.3 is 0 Å². The van der Waals surface area contributed by atoms with Gasteiger partial charge in [0.2, 0.25) is 10.0 Å². The number of nitrogens with two attached hydrogens (primary N) is 2. The number of sulfonamides is 1. The predicted octanol–water partition coefficient (Wildman–Crippen LogP) is 0.533. The molecule has 1 aromatic rings. The third-order valence-electron chi connectivity index (χ3n) is 1.90. The summed E-state index contributed by atoms with van der Waals surface area (Å²) in [5, 5.41) is 4.98. The summed E-state index contributed by atoms with van der Waals surface area (Å²) in [6.45, 7) is 3.49. The largest absolute Gasteiger partial charge is 0.398 e. The van der Waals surface area contributed by atoms with E-state index in [0.717, 1.165) is 11.1 Å². The number of aryl methyl sites for hydroxylation is 2. The van der Waals surface area contributed by atoms with Gasteiger partial charge in [-0.25, -0.2) is 13.6 Å². The second-order valence-electron chi connectivity index (χ2n) is 3.02. The molecule has 0 fully saturated rings. The maximum atomic E-state index is 11.0. The molecule has 0 aliphatic rings.